The molecule has 1 unspecified atom stereocenters. The zero-order valence-corrected chi connectivity index (χ0v) is 10.2. The van der Waals surface area contributed by atoms with Crippen LogP contribution in [0.3, 0.4) is 0 Å². The maximum absolute atomic E-state index is 11.9. The molecule has 0 radical (unpaired) electrons. The van der Waals surface area contributed by atoms with E-state index in [-0.39, 0.29) is 17.0 Å². The second-order valence-corrected chi connectivity index (χ2v) is 4.97. The smallest absolute Gasteiger partial charge is 0.353 e. The van der Waals surface area contributed by atoms with E-state index < -0.39 is 5.97 Å². The van der Waals surface area contributed by atoms with Crippen LogP contribution < -0.4 is 0 Å². The van der Waals surface area contributed by atoms with Crippen molar-refractivity contribution in [3.63, 3.8) is 0 Å². The van der Waals surface area contributed by atoms with Crippen molar-refractivity contribution < 1.29 is 14.7 Å². The Labute approximate surface area is 107 Å². The molecule has 18 heavy (non-hydrogen) atoms. The van der Waals surface area contributed by atoms with Crippen molar-refractivity contribution in [3.05, 3.63) is 34.6 Å². The Morgan fingerprint density at radius 1 is 1.61 bits per heavy atom. The van der Waals surface area contributed by atoms with Crippen molar-refractivity contribution >= 4 is 29.7 Å². The summed E-state index contributed by atoms with van der Waals surface area (Å²) in [5.74, 6) is -1.32. The Bertz CT molecular complexity index is 617. The van der Waals surface area contributed by atoms with E-state index in [0.717, 1.165) is 5.56 Å². The van der Waals surface area contributed by atoms with E-state index in [1.165, 1.54) is 22.1 Å². The first kappa shape index (κ1) is 11.1. The number of aliphatic carboxylic acids is 1. The summed E-state index contributed by atoms with van der Waals surface area (Å²) in [4.78, 5) is 24.1. The number of thioether (sulfide) groups is 1. The van der Waals surface area contributed by atoms with E-state index in [1.54, 1.807) is 30.2 Å². The molecule has 1 N–H and O–H groups in total. The summed E-state index contributed by atoms with van der Waals surface area (Å²) < 4.78 is 1.65. The minimum atomic E-state index is -1.07. The van der Waals surface area contributed by atoms with Crippen molar-refractivity contribution in [1.82, 2.24) is 14.7 Å². The predicted octanol–water partition coefficient (Wildman–Crippen LogP) is 0.645. The molecule has 1 aromatic heterocycles. The van der Waals surface area contributed by atoms with Gasteiger partial charge in [0.25, 0.3) is 5.91 Å². The van der Waals surface area contributed by atoms with Gasteiger partial charge in [-0.3, -0.25) is 14.4 Å². The molecule has 0 saturated carbocycles. The van der Waals surface area contributed by atoms with Gasteiger partial charge in [-0.1, -0.05) is 0 Å². The summed E-state index contributed by atoms with van der Waals surface area (Å²) in [7, 11) is 1.80. The Balaban J connectivity index is 1.86. The third-order valence-electron chi connectivity index (χ3n) is 2.80. The molecule has 0 aliphatic carbocycles. The fourth-order valence-electron chi connectivity index (χ4n) is 1.96. The molecule has 0 bridgehead atoms. The summed E-state index contributed by atoms with van der Waals surface area (Å²) in [5, 5.41) is 14.2. The Hall–Kier alpha value is -2.02. The lowest BCUT2D eigenvalue weighted by Gasteiger charge is -2.37. The highest BCUT2D eigenvalue weighted by Gasteiger charge is 2.49. The second-order valence-electron chi connectivity index (χ2n) is 4.02. The fourth-order valence-corrected chi connectivity index (χ4v) is 3.08. The molecular weight excluding hydrogens is 254 g/mol. The number of carboxylic acid groups (broad SMARTS) is 1. The van der Waals surface area contributed by atoms with Crippen LogP contribution in [0.5, 0.6) is 0 Å². The highest BCUT2D eigenvalue weighted by atomic mass is 32.2. The van der Waals surface area contributed by atoms with Crippen LogP contribution in [0.15, 0.2) is 29.1 Å². The first-order valence-corrected chi connectivity index (χ1v) is 6.15. The van der Waals surface area contributed by atoms with Crippen molar-refractivity contribution in [1.29, 1.82) is 0 Å². The third-order valence-corrected chi connectivity index (χ3v) is 3.88. The lowest BCUT2D eigenvalue weighted by molar-refractivity contribution is -0.141. The number of fused-ring (bicyclic) bond motifs is 1. The Kier molecular flexibility index (Phi) is 2.30. The highest BCUT2D eigenvalue weighted by Crippen LogP contribution is 2.44. The maximum atomic E-state index is 11.9. The molecule has 0 spiro atoms. The number of aryl methyl sites for hydroxylation is 1. The summed E-state index contributed by atoms with van der Waals surface area (Å²) in [6, 6.07) is 0. The van der Waals surface area contributed by atoms with Crippen molar-refractivity contribution in [3.8, 4) is 0 Å². The van der Waals surface area contributed by atoms with E-state index in [2.05, 4.69) is 5.10 Å². The van der Waals surface area contributed by atoms with Gasteiger partial charge in [-0.15, -0.1) is 11.8 Å². The number of amides is 1. The molecule has 1 fully saturated rings. The summed E-state index contributed by atoms with van der Waals surface area (Å²) in [6.45, 7) is 0. The number of aromatic nitrogens is 2. The number of β-lactam (4-membered cyclic amide) rings is 1. The molecule has 6 nitrogen and oxygen atoms in total. The van der Waals surface area contributed by atoms with Gasteiger partial charge in [0, 0.05) is 24.2 Å². The highest BCUT2D eigenvalue weighted by molar-refractivity contribution is 8.03. The standard InChI is InChI=1S/C11H9N3O3S/c1-13-4-6(3-12-13)2-7-9(15)14-8(11(16)17)5-18-10(7)14/h2-5,10H,1H3,(H,16,17)/b7-2+. The number of carbonyl (C=O) groups is 2. The van der Waals surface area contributed by atoms with E-state index in [1.807, 2.05) is 0 Å². The molecule has 3 heterocycles. The summed E-state index contributed by atoms with van der Waals surface area (Å²) >= 11 is 1.33. The maximum Gasteiger partial charge on any atom is 0.353 e. The molecule has 92 valence electrons. The minimum Gasteiger partial charge on any atom is -0.477 e. The molecule has 2 aliphatic heterocycles. The number of nitrogens with zero attached hydrogens (tertiary/aromatic N) is 3. The van der Waals surface area contributed by atoms with Crippen LogP contribution in [0.25, 0.3) is 6.08 Å². The molecular formula is C11H9N3O3S. The van der Waals surface area contributed by atoms with Crippen LogP contribution in [-0.2, 0) is 16.6 Å². The van der Waals surface area contributed by atoms with Crippen molar-refractivity contribution in [2.24, 2.45) is 7.05 Å². The van der Waals surface area contributed by atoms with Crippen LogP contribution >= 0.6 is 11.8 Å². The average Bonchev–Trinajstić information content (AvgIpc) is 2.89. The average molecular weight is 263 g/mol. The van der Waals surface area contributed by atoms with E-state index in [4.69, 9.17) is 5.11 Å². The fraction of sp³-hybridized carbons (Fsp3) is 0.182. The number of carbonyl (C=O) groups excluding carboxylic acids is 1. The van der Waals surface area contributed by atoms with Crippen LogP contribution in [0.2, 0.25) is 0 Å². The molecule has 1 aromatic rings. The minimum absolute atomic E-state index is 0.0540. The van der Waals surface area contributed by atoms with Gasteiger partial charge in [0.2, 0.25) is 0 Å². The molecule has 1 amide bonds. The summed E-state index contributed by atoms with van der Waals surface area (Å²) in [6.07, 6.45) is 5.21. The van der Waals surface area contributed by atoms with Gasteiger partial charge >= 0.3 is 5.97 Å². The second kappa shape index (κ2) is 3.74. The van der Waals surface area contributed by atoms with Crippen LogP contribution in [-0.4, -0.2) is 37.0 Å². The predicted molar refractivity (Wildman–Crippen MR) is 65.1 cm³/mol. The molecule has 7 heteroatoms. The normalized spacial score (nSPS) is 23.9. The van der Waals surface area contributed by atoms with Crippen LogP contribution in [0.4, 0.5) is 0 Å². The number of rotatable bonds is 2. The number of carboxylic acids is 1. The lowest BCUT2D eigenvalue weighted by Crippen LogP contribution is -2.51. The van der Waals surface area contributed by atoms with Crippen LogP contribution in [0, 0.1) is 0 Å². The number of hydrogen-bond acceptors (Lipinski definition) is 4. The molecule has 2 aliphatic rings. The first-order chi connectivity index (χ1) is 8.58. The van der Waals surface area contributed by atoms with Crippen LogP contribution in [0.1, 0.15) is 5.56 Å². The zero-order chi connectivity index (χ0) is 12.9. The molecule has 3 rings (SSSR count). The monoisotopic (exact) mass is 263 g/mol. The molecule has 1 atom stereocenters. The Morgan fingerprint density at radius 2 is 2.39 bits per heavy atom. The van der Waals surface area contributed by atoms with Gasteiger partial charge < -0.3 is 5.11 Å². The molecule has 0 aromatic carbocycles. The van der Waals surface area contributed by atoms with Gasteiger partial charge in [0.05, 0.1) is 11.8 Å². The first-order valence-electron chi connectivity index (χ1n) is 5.20. The Morgan fingerprint density at radius 3 is 3.00 bits per heavy atom. The van der Waals surface area contributed by atoms with E-state index in [9.17, 15) is 9.59 Å². The van der Waals surface area contributed by atoms with Crippen molar-refractivity contribution in [2.75, 3.05) is 0 Å². The van der Waals surface area contributed by atoms with Gasteiger partial charge in [-0.25, -0.2) is 4.79 Å². The van der Waals surface area contributed by atoms with E-state index in [0.29, 0.717) is 5.57 Å². The topological polar surface area (TPSA) is 75.4 Å². The SMILES string of the molecule is Cn1cc(/C=C2\C(=O)N3C(C(=O)O)=CSC23)cn1. The van der Waals surface area contributed by atoms with Gasteiger partial charge in [0.1, 0.15) is 11.1 Å². The molecule has 1 saturated heterocycles. The van der Waals surface area contributed by atoms with Crippen molar-refractivity contribution in [2.45, 2.75) is 5.37 Å². The van der Waals surface area contributed by atoms with Gasteiger partial charge in [0.15, 0.2) is 0 Å². The van der Waals surface area contributed by atoms with E-state index >= 15 is 0 Å². The lowest BCUT2D eigenvalue weighted by atomic mass is 10.0. The van der Waals surface area contributed by atoms with Gasteiger partial charge in [-0.05, 0) is 6.08 Å². The summed E-state index contributed by atoms with van der Waals surface area (Å²) in [5.41, 5.74) is 1.50. The zero-order valence-electron chi connectivity index (χ0n) is 9.40. The third kappa shape index (κ3) is 1.47. The largest absolute Gasteiger partial charge is 0.477 e. The van der Waals surface area contributed by atoms with Gasteiger partial charge in [-0.2, -0.15) is 5.10 Å². The quantitative estimate of drug-likeness (QED) is 0.626. The number of hydrogen-bond donors (Lipinski definition) is 1.